The maximum atomic E-state index is 11.7. The number of benzene rings is 1. The van der Waals surface area contributed by atoms with Crippen LogP contribution in [0.25, 0.3) is 0 Å². The van der Waals surface area contributed by atoms with Gasteiger partial charge in [0, 0.05) is 6.04 Å². The molecule has 0 fully saturated rings. The van der Waals surface area contributed by atoms with Crippen LogP contribution < -0.4 is 5.32 Å². The van der Waals surface area contributed by atoms with Crippen molar-refractivity contribution < 1.29 is 9.53 Å². The van der Waals surface area contributed by atoms with Crippen LogP contribution in [0.2, 0.25) is 0 Å². The van der Waals surface area contributed by atoms with Crippen LogP contribution in [0.4, 0.5) is 0 Å². The molecule has 3 heteroatoms. The molecule has 1 aromatic carbocycles. The van der Waals surface area contributed by atoms with Gasteiger partial charge in [0.05, 0.1) is 7.11 Å². The molecule has 0 aliphatic heterocycles. The third-order valence-corrected chi connectivity index (χ3v) is 3.90. The molecule has 3 nitrogen and oxygen atoms in total. The molecular weight excluding hydrogens is 238 g/mol. The third-order valence-electron chi connectivity index (χ3n) is 3.90. The molecule has 19 heavy (non-hydrogen) atoms. The van der Waals surface area contributed by atoms with Crippen molar-refractivity contribution in [3.8, 4) is 0 Å². The van der Waals surface area contributed by atoms with Crippen LogP contribution in [0.5, 0.6) is 0 Å². The van der Waals surface area contributed by atoms with Gasteiger partial charge in [-0.25, -0.2) is 0 Å². The normalized spacial score (nSPS) is 16.0. The highest BCUT2D eigenvalue weighted by Gasteiger charge is 2.30. The Morgan fingerprint density at radius 3 is 2.68 bits per heavy atom. The molecule has 1 unspecified atom stereocenters. The van der Waals surface area contributed by atoms with Gasteiger partial charge in [-0.15, -0.1) is 0 Å². The second-order valence-electron chi connectivity index (χ2n) is 5.86. The van der Waals surface area contributed by atoms with Crippen molar-refractivity contribution in [3.05, 3.63) is 34.9 Å². The molecule has 0 aromatic heterocycles. The highest BCUT2D eigenvalue weighted by Crippen LogP contribution is 2.26. The molecular formula is C16H23NO2. The van der Waals surface area contributed by atoms with E-state index in [0.717, 1.165) is 0 Å². The van der Waals surface area contributed by atoms with Crippen molar-refractivity contribution in [2.45, 2.75) is 51.6 Å². The minimum absolute atomic E-state index is 0.125. The average Bonchev–Trinajstić information content (AvgIpc) is 2.84. The first-order valence-corrected chi connectivity index (χ1v) is 6.92. The minimum Gasteiger partial charge on any atom is -0.468 e. The van der Waals surface area contributed by atoms with E-state index in [-0.39, 0.29) is 12.0 Å². The fourth-order valence-electron chi connectivity index (χ4n) is 2.80. The SMILES string of the molecule is COC(=O)C(C)(C)NC(C)c1ccc2c(c1)CCC2. The first-order chi connectivity index (χ1) is 8.94. The van der Waals surface area contributed by atoms with Crippen molar-refractivity contribution in [1.29, 1.82) is 0 Å². The van der Waals surface area contributed by atoms with Crippen LogP contribution in [0.15, 0.2) is 18.2 Å². The Morgan fingerprint density at radius 1 is 1.32 bits per heavy atom. The molecule has 1 N–H and O–H groups in total. The zero-order valence-corrected chi connectivity index (χ0v) is 12.2. The predicted molar refractivity (Wildman–Crippen MR) is 76.1 cm³/mol. The van der Waals surface area contributed by atoms with Gasteiger partial charge >= 0.3 is 5.97 Å². The van der Waals surface area contributed by atoms with E-state index in [2.05, 4.69) is 30.4 Å². The molecule has 0 radical (unpaired) electrons. The lowest BCUT2D eigenvalue weighted by molar-refractivity contribution is -0.147. The Morgan fingerprint density at radius 2 is 2.00 bits per heavy atom. The number of carbonyl (C=O) groups is 1. The first-order valence-electron chi connectivity index (χ1n) is 6.92. The van der Waals surface area contributed by atoms with E-state index in [1.54, 1.807) is 0 Å². The van der Waals surface area contributed by atoms with Crippen molar-refractivity contribution in [2.24, 2.45) is 0 Å². The van der Waals surface area contributed by atoms with Gasteiger partial charge in [-0.3, -0.25) is 10.1 Å². The third kappa shape index (κ3) is 2.98. The van der Waals surface area contributed by atoms with Crippen LogP contribution in [0, 0.1) is 0 Å². The van der Waals surface area contributed by atoms with E-state index in [1.165, 1.54) is 43.1 Å². The molecule has 1 aliphatic carbocycles. The van der Waals surface area contributed by atoms with Gasteiger partial charge in [-0.05, 0) is 56.7 Å². The summed E-state index contributed by atoms with van der Waals surface area (Å²) in [7, 11) is 1.42. The van der Waals surface area contributed by atoms with Crippen LogP contribution in [0.3, 0.4) is 0 Å². The topological polar surface area (TPSA) is 38.3 Å². The van der Waals surface area contributed by atoms with E-state index in [1.807, 2.05) is 13.8 Å². The molecule has 2 rings (SSSR count). The molecule has 0 bridgehead atoms. The lowest BCUT2D eigenvalue weighted by Gasteiger charge is -2.28. The van der Waals surface area contributed by atoms with E-state index >= 15 is 0 Å². The summed E-state index contributed by atoms with van der Waals surface area (Å²) in [6.07, 6.45) is 3.63. The molecule has 1 atom stereocenters. The molecule has 0 heterocycles. The second kappa shape index (κ2) is 5.33. The van der Waals surface area contributed by atoms with Crippen molar-refractivity contribution >= 4 is 5.97 Å². The number of ether oxygens (including phenoxy) is 1. The number of aryl methyl sites for hydroxylation is 2. The summed E-state index contributed by atoms with van der Waals surface area (Å²) >= 11 is 0. The lowest BCUT2D eigenvalue weighted by atomic mass is 9.98. The maximum absolute atomic E-state index is 11.7. The highest BCUT2D eigenvalue weighted by molar-refractivity contribution is 5.79. The Hall–Kier alpha value is -1.35. The number of rotatable bonds is 4. The highest BCUT2D eigenvalue weighted by atomic mass is 16.5. The molecule has 0 spiro atoms. The van der Waals surface area contributed by atoms with Crippen LogP contribution in [0.1, 0.15) is 49.9 Å². The number of hydrogen-bond acceptors (Lipinski definition) is 3. The van der Waals surface area contributed by atoms with Crippen LogP contribution in [-0.2, 0) is 22.4 Å². The number of methoxy groups -OCH3 is 1. The van der Waals surface area contributed by atoms with Gasteiger partial charge < -0.3 is 4.74 Å². The summed E-state index contributed by atoms with van der Waals surface area (Å²) in [5.74, 6) is -0.236. The summed E-state index contributed by atoms with van der Waals surface area (Å²) in [5.41, 5.74) is 3.50. The molecule has 1 aromatic rings. The van der Waals surface area contributed by atoms with Gasteiger partial charge in [-0.2, -0.15) is 0 Å². The van der Waals surface area contributed by atoms with E-state index < -0.39 is 5.54 Å². The molecule has 0 saturated carbocycles. The van der Waals surface area contributed by atoms with E-state index in [0.29, 0.717) is 0 Å². The maximum Gasteiger partial charge on any atom is 0.325 e. The zero-order valence-electron chi connectivity index (χ0n) is 12.2. The predicted octanol–water partition coefficient (Wildman–Crippen LogP) is 2.78. The largest absolute Gasteiger partial charge is 0.468 e. The van der Waals surface area contributed by atoms with Crippen molar-refractivity contribution in [3.63, 3.8) is 0 Å². The fraction of sp³-hybridized carbons (Fsp3) is 0.562. The minimum atomic E-state index is -0.673. The van der Waals surface area contributed by atoms with Gasteiger partial charge in [0.25, 0.3) is 0 Å². The Kier molecular flexibility index (Phi) is 3.95. The number of fused-ring (bicyclic) bond motifs is 1. The summed E-state index contributed by atoms with van der Waals surface area (Å²) in [6, 6.07) is 6.78. The Balaban J connectivity index is 2.12. The molecule has 0 amide bonds. The second-order valence-corrected chi connectivity index (χ2v) is 5.86. The van der Waals surface area contributed by atoms with Crippen molar-refractivity contribution in [2.75, 3.05) is 7.11 Å². The van der Waals surface area contributed by atoms with E-state index in [9.17, 15) is 4.79 Å². The summed E-state index contributed by atoms with van der Waals surface area (Å²) < 4.78 is 4.82. The number of nitrogens with one attached hydrogen (secondary N) is 1. The van der Waals surface area contributed by atoms with Gasteiger partial charge in [-0.1, -0.05) is 18.2 Å². The Labute approximate surface area is 115 Å². The summed E-state index contributed by atoms with van der Waals surface area (Å²) in [6.45, 7) is 5.78. The smallest absolute Gasteiger partial charge is 0.325 e. The number of carbonyl (C=O) groups excluding carboxylic acids is 1. The standard InChI is InChI=1S/C16H23NO2/c1-11(17-16(2,3)15(18)19-4)13-9-8-12-6-5-7-14(12)10-13/h8-11,17H,5-7H2,1-4H3. The van der Waals surface area contributed by atoms with Gasteiger partial charge in [0.1, 0.15) is 5.54 Å². The average molecular weight is 261 g/mol. The number of esters is 1. The molecule has 0 saturated heterocycles. The molecule has 104 valence electrons. The fourth-order valence-corrected chi connectivity index (χ4v) is 2.80. The van der Waals surface area contributed by atoms with E-state index in [4.69, 9.17) is 4.74 Å². The van der Waals surface area contributed by atoms with Gasteiger partial charge in [0.2, 0.25) is 0 Å². The quantitative estimate of drug-likeness (QED) is 0.847. The van der Waals surface area contributed by atoms with Crippen LogP contribution >= 0.6 is 0 Å². The van der Waals surface area contributed by atoms with Gasteiger partial charge in [0.15, 0.2) is 0 Å². The molecule has 1 aliphatic rings. The monoisotopic (exact) mass is 261 g/mol. The lowest BCUT2D eigenvalue weighted by Crippen LogP contribution is -2.48. The van der Waals surface area contributed by atoms with Crippen molar-refractivity contribution in [1.82, 2.24) is 5.32 Å². The van der Waals surface area contributed by atoms with Crippen LogP contribution in [-0.4, -0.2) is 18.6 Å². The summed E-state index contributed by atoms with van der Waals surface area (Å²) in [5, 5.41) is 3.34. The number of hydrogen-bond donors (Lipinski definition) is 1. The Bertz CT molecular complexity index is 480. The summed E-state index contributed by atoms with van der Waals surface area (Å²) in [4.78, 5) is 11.7. The first kappa shape index (κ1) is 14.1. The zero-order chi connectivity index (χ0) is 14.0.